The quantitative estimate of drug-likeness (QED) is 0.553. The minimum atomic E-state index is -1.40. The first-order chi connectivity index (χ1) is 4.79. The average Bonchev–Trinajstić information content (AvgIpc) is 2.34. The maximum atomic E-state index is 9.82. The predicted octanol–water partition coefficient (Wildman–Crippen LogP) is 1.74. The molecular weight excluding hydrogens is 132 g/mol. The van der Waals surface area contributed by atoms with Crippen LogP contribution >= 0.6 is 0 Å². The van der Waals surface area contributed by atoms with Gasteiger partial charge in [0.15, 0.2) is 0 Å². The maximum Gasteiger partial charge on any atom is 0.550 e. The average molecular weight is 143 g/mol. The predicted molar refractivity (Wildman–Crippen MR) is 34.0 cm³/mol. The second kappa shape index (κ2) is 3.44. The molecule has 0 aliphatic heterocycles. The van der Waals surface area contributed by atoms with Gasteiger partial charge in [0.2, 0.25) is 0 Å². The molecule has 0 unspecified atom stereocenters. The summed E-state index contributed by atoms with van der Waals surface area (Å²) in [6.45, 7) is 0.336. The van der Waals surface area contributed by atoms with Gasteiger partial charge in [0, 0.05) is 0 Å². The first kappa shape index (κ1) is 7.38. The zero-order chi connectivity index (χ0) is 7.40. The highest BCUT2D eigenvalue weighted by Gasteiger charge is 2.16. The van der Waals surface area contributed by atoms with Crippen LogP contribution in [-0.4, -0.2) is 12.8 Å². The van der Waals surface area contributed by atoms with Crippen LogP contribution in [0.5, 0.6) is 0 Å². The third-order valence-corrected chi connectivity index (χ3v) is 1.91. The fourth-order valence-electron chi connectivity index (χ4n) is 1.36. The number of carbonyl (C=O) groups is 1. The lowest BCUT2D eigenvalue weighted by Gasteiger charge is -2.04. The lowest BCUT2D eigenvalue weighted by molar-refractivity contribution is 0.0559. The smallest absolute Gasteiger partial charge is 0.431 e. The van der Waals surface area contributed by atoms with Crippen LogP contribution in [0.15, 0.2) is 0 Å². The van der Waals surface area contributed by atoms with Crippen molar-refractivity contribution in [3.63, 3.8) is 0 Å². The number of ether oxygens (including phenoxy) is 1. The number of carbonyl (C=O) groups excluding carboxylic acids is 1. The molecule has 10 heavy (non-hydrogen) atoms. The Labute approximate surface area is 60.0 Å². The molecule has 1 rings (SSSR count). The van der Waals surface area contributed by atoms with E-state index in [1.54, 1.807) is 0 Å². The summed E-state index contributed by atoms with van der Waals surface area (Å²) >= 11 is 0. The fourth-order valence-corrected chi connectivity index (χ4v) is 1.36. The van der Waals surface area contributed by atoms with Crippen LogP contribution in [0.3, 0.4) is 0 Å². The van der Waals surface area contributed by atoms with Gasteiger partial charge in [-0.05, 0) is 18.8 Å². The topological polar surface area (TPSA) is 46.2 Å². The van der Waals surface area contributed by atoms with Gasteiger partial charge in [0.1, 0.15) is 0 Å². The summed E-state index contributed by atoms with van der Waals surface area (Å²) in [5.41, 5.74) is 0. The zero-order valence-corrected chi connectivity index (χ0v) is 5.84. The molecule has 0 amide bonds. The van der Waals surface area contributed by atoms with E-state index in [9.17, 15) is 9.90 Å². The van der Waals surface area contributed by atoms with Gasteiger partial charge in [-0.1, -0.05) is 12.8 Å². The van der Waals surface area contributed by atoms with Crippen molar-refractivity contribution in [2.24, 2.45) is 5.92 Å². The Bertz CT molecular complexity index is 116. The molecule has 3 nitrogen and oxygen atoms in total. The Morgan fingerprint density at radius 3 is 2.50 bits per heavy atom. The molecule has 0 atom stereocenters. The van der Waals surface area contributed by atoms with Gasteiger partial charge in [-0.15, -0.1) is 0 Å². The first-order valence-electron chi connectivity index (χ1n) is 3.63. The van der Waals surface area contributed by atoms with Crippen LogP contribution in [0.4, 0.5) is 4.79 Å². The van der Waals surface area contributed by atoms with E-state index in [0.29, 0.717) is 12.5 Å². The summed E-state index contributed by atoms with van der Waals surface area (Å²) in [7, 11) is 0. The minimum Gasteiger partial charge on any atom is -0.431 e. The summed E-state index contributed by atoms with van der Waals surface area (Å²) in [4.78, 5) is 9.82. The normalized spacial score (nSPS) is 19.2. The molecule has 0 spiro atoms. The van der Waals surface area contributed by atoms with Crippen LogP contribution in [-0.2, 0) is 9.84 Å². The molecule has 0 aromatic carbocycles. The van der Waals surface area contributed by atoms with E-state index in [2.05, 4.69) is 4.74 Å². The zero-order valence-electron chi connectivity index (χ0n) is 5.84. The lowest BCUT2D eigenvalue weighted by atomic mass is 10.1. The molecule has 1 aliphatic carbocycles. The standard InChI is InChI=1S/C7H11O3/c8-7(9)10-5-6-3-1-2-4-6/h6H,1-5H2. The molecule has 57 valence electrons. The van der Waals surface area contributed by atoms with Gasteiger partial charge >= 0.3 is 6.16 Å². The Morgan fingerprint density at radius 2 is 2.00 bits per heavy atom. The molecule has 1 saturated carbocycles. The van der Waals surface area contributed by atoms with E-state index >= 15 is 0 Å². The van der Waals surface area contributed by atoms with Crippen LogP contribution in [0.1, 0.15) is 25.7 Å². The highest BCUT2D eigenvalue weighted by Crippen LogP contribution is 2.24. The summed E-state index contributed by atoms with van der Waals surface area (Å²) < 4.78 is 4.33. The van der Waals surface area contributed by atoms with Gasteiger partial charge in [-0.3, -0.25) is 0 Å². The van der Waals surface area contributed by atoms with E-state index in [-0.39, 0.29) is 0 Å². The van der Waals surface area contributed by atoms with Crippen molar-refractivity contribution in [2.45, 2.75) is 25.7 Å². The van der Waals surface area contributed by atoms with Gasteiger partial charge < -0.3 is 4.74 Å². The van der Waals surface area contributed by atoms with E-state index in [0.717, 1.165) is 12.8 Å². The lowest BCUT2D eigenvalue weighted by Crippen LogP contribution is -2.08. The van der Waals surface area contributed by atoms with Crippen molar-refractivity contribution in [3.8, 4) is 0 Å². The highest BCUT2D eigenvalue weighted by molar-refractivity contribution is 5.56. The molecule has 0 heterocycles. The summed E-state index contributed by atoms with van der Waals surface area (Å²) in [6, 6.07) is 0. The van der Waals surface area contributed by atoms with Crippen LogP contribution < -0.4 is 0 Å². The summed E-state index contributed by atoms with van der Waals surface area (Å²) in [5.74, 6) is 0.456. The molecule has 3 heteroatoms. The van der Waals surface area contributed by atoms with Crippen molar-refractivity contribution >= 4 is 6.16 Å². The molecule has 0 aromatic rings. The Morgan fingerprint density at radius 1 is 1.40 bits per heavy atom. The molecule has 0 bridgehead atoms. The van der Waals surface area contributed by atoms with Gasteiger partial charge in [-0.25, -0.2) is 0 Å². The first-order valence-corrected chi connectivity index (χ1v) is 3.63. The molecule has 0 N–H and O–H groups in total. The Balaban J connectivity index is 2.07. The van der Waals surface area contributed by atoms with E-state index in [1.807, 2.05) is 0 Å². The molecule has 0 aromatic heterocycles. The van der Waals surface area contributed by atoms with Crippen molar-refractivity contribution < 1.29 is 14.6 Å². The molecule has 1 aliphatic rings. The van der Waals surface area contributed by atoms with Crippen molar-refractivity contribution in [1.82, 2.24) is 0 Å². The summed E-state index contributed by atoms with van der Waals surface area (Å²) in [6.07, 6.45) is 3.23. The van der Waals surface area contributed by atoms with Gasteiger partial charge in [0.05, 0.1) is 6.61 Å². The number of hydrogen-bond acceptors (Lipinski definition) is 2. The Hall–Kier alpha value is -0.730. The van der Waals surface area contributed by atoms with Crippen molar-refractivity contribution in [2.75, 3.05) is 6.61 Å². The van der Waals surface area contributed by atoms with Crippen LogP contribution in [0.25, 0.3) is 0 Å². The number of hydrogen-bond donors (Lipinski definition) is 0. The molecule has 1 radical (unpaired) electrons. The second-order valence-electron chi connectivity index (χ2n) is 2.71. The van der Waals surface area contributed by atoms with Gasteiger partial charge in [-0.2, -0.15) is 9.90 Å². The third-order valence-electron chi connectivity index (χ3n) is 1.91. The molecule has 1 fully saturated rings. The Kier molecular flexibility index (Phi) is 2.54. The summed E-state index contributed by atoms with van der Waals surface area (Å²) in [5, 5.41) is 9.82. The minimum absolute atomic E-state index is 0.336. The number of rotatable bonds is 2. The van der Waals surface area contributed by atoms with E-state index in [1.165, 1.54) is 12.8 Å². The third kappa shape index (κ3) is 2.25. The largest absolute Gasteiger partial charge is 0.550 e. The monoisotopic (exact) mass is 143 g/mol. The second-order valence-corrected chi connectivity index (χ2v) is 2.71. The van der Waals surface area contributed by atoms with Crippen LogP contribution in [0.2, 0.25) is 0 Å². The maximum absolute atomic E-state index is 9.82. The van der Waals surface area contributed by atoms with Gasteiger partial charge in [0.25, 0.3) is 0 Å². The van der Waals surface area contributed by atoms with E-state index in [4.69, 9.17) is 0 Å². The van der Waals surface area contributed by atoms with Crippen molar-refractivity contribution in [3.05, 3.63) is 0 Å². The SMILES string of the molecule is [O]C(=O)OCC1CCCC1. The molecule has 0 saturated heterocycles. The van der Waals surface area contributed by atoms with E-state index < -0.39 is 6.16 Å². The van der Waals surface area contributed by atoms with Crippen LogP contribution in [0, 0.1) is 5.92 Å². The van der Waals surface area contributed by atoms with Crippen molar-refractivity contribution in [1.29, 1.82) is 0 Å². The fraction of sp³-hybridized carbons (Fsp3) is 0.857. The molecular formula is C7H11O3. The highest BCUT2D eigenvalue weighted by atomic mass is 16.7.